The standard InChI is InChI=1S/C15H20N2.ClH/c1-10-11-6-4-5-7-12(11)17-9-8-15(2,3)14(16)13(10)17;/h4-7,14H,8-9,16H2,1-3H3;1H. The van der Waals surface area contributed by atoms with Gasteiger partial charge in [-0.15, -0.1) is 12.4 Å². The first kappa shape index (κ1) is 13.4. The van der Waals surface area contributed by atoms with E-state index in [0.29, 0.717) is 0 Å². The lowest BCUT2D eigenvalue weighted by atomic mass is 9.77. The van der Waals surface area contributed by atoms with E-state index >= 15 is 0 Å². The van der Waals surface area contributed by atoms with Crippen LogP contribution in [0.4, 0.5) is 0 Å². The Labute approximate surface area is 115 Å². The number of hydrogen-bond acceptors (Lipinski definition) is 1. The molecule has 2 heterocycles. The Morgan fingerprint density at radius 2 is 1.94 bits per heavy atom. The van der Waals surface area contributed by atoms with Crippen molar-refractivity contribution in [3.63, 3.8) is 0 Å². The van der Waals surface area contributed by atoms with Crippen LogP contribution in [-0.2, 0) is 6.54 Å². The van der Waals surface area contributed by atoms with Crippen LogP contribution in [0.5, 0.6) is 0 Å². The predicted octanol–water partition coefficient (Wildman–Crippen LogP) is 3.80. The molecule has 0 fully saturated rings. The summed E-state index contributed by atoms with van der Waals surface area (Å²) in [6.45, 7) is 7.84. The quantitative estimate of drug-likeness (QED) is 0.771. The molecule has 0 spiro atoms. The Morgan fingerprint density at radius 3 is 2.67 bits per heavy atom. The Bertz CT molecular complexity index is 583. The van der Waals surface area contributed by atoms with Gasteiger partial charge in [-0.1, -0.05) is 32.0 Å². The third kappa shape index (κ3) is 1.67. The summed E-state index contributed by atoms with van der Waals surface area (Å²) in [4.78, 5) is 0. The summed E-state index contributed by atoms with van der Waals surface area (Å²) in [7, 11) is 0. The number of fused-ring (bicyclic) bond motifs is 3. The summed E-state index contributed by atoms with van der Waals surface area (Å²) in [6.07, 6.45) is 1.15. The maximum Gasteiger partial charge on any atom is 0.0505 e. The number of hydrogen-bond donors (Lipinski definition) is 1. The molecule has 1 unspecified atom stereocenters. The maximum atomic E-state index is 6.47. The van der Waals surface area contributed by atoms with Crippen LogP contribution in [0.2, 0.25) is 0 Å². The van der Waals surface area contributed by atoms with Crippen LogP contribution < -0.4 is 5.73 Å². The molecule has 0 radical (unpaired) electrons. The first-order valence-electron chi connectivity index (χ1n) is 6.36. The zero-order valence-electron chi connectivity index (χ0n) is 11.2. The monoisotopic (exact) mass is 264 g/mol. The highest BCUT2D eigenvalue weighted by Gasteiger charge is 2.35. The highest BCUT2D eigenvalue weighted by Crippen LogP contribution is 2.43. The molecule has 2 N–H and O–H groups in total. The van der Waals surface area contributed by atoms with Gasteiger partial charge in [0.25, 0.3) is 0 Å². The van der Waals surface area contributed by atoms with Crippen molar-refractivity contribution >= 4 is 23.3 Å². The number of nitrogens with two attached hydrogens (primary N) is 1. The molecule has 1 atom stereocenters. The van der Waals surface area contributed by atoms with Gasteiger partial charge >= 0.3 is 0 Å². The van der Waals surface area contributed by atoms with Gasteiger partial charge in [-0.05, 0) is 30.4 Å². The van der Waals surface area contributed by atoms with E-state index in [4.69, 9.17) is 5.73 Å². The van der Waals surface area contributed by atoms with Crippen molar-refractivity contribution < 1.29 is 0 Å². The van der Waals surface area contributed by atoms with Crippen molar-refractivity contribution in [1.82, 2.24) is 4.57 Å². The molecule has 0 saturated heterocycles. The number of rotatable bonds is 0. The molecule has 0 saturated carbocycles. The molecule has 0 bridgehead atoms. The minimum Gasteiger partial charge on any atom is -0.343 e. The zero-order chi connectivity index (χ0) is 12.2. The lowest BCUT2D eigenvalue weighted by Gasteiger charge is -2.38. The largest absolute Gasteiger partial charge is 0.343 e. The Balaban J connectivity index is 0.00000120. The fourth-order valence-electron chi connectivity index (χ4n) is 3.06. The maximum absolute atomic E-state index is 6.47. The second-order valence-corrected chi connectivity index (χ2v) is 5.90. The molecule has 1 aliphatic heterocycles. The first-order chi connectivity index (χ1) is 8.02. The van der Waals surface area contributed by atoms with Crippen molar-refractivity contribution in [3.8, 4) is 0 Å². The normalized spacial score (nSPS) is 21.4. The van der Waals surface area contributed by atoms with Crippen molar-refractivity contribution in [2.24, 2.45) is 11.1 Å². The molecule has 98 valence electrons. The Kier molecular flexibility index (Phi) is 3.20. The van der Waals surface area contributed by atoms with Gasteiger partial charge < -0.3 is 10.3 Å². The first-order valence-corrected chi connectivity index (χ1v) is 6.36. The van der Waals surface area contributed by atoms with Crippen LogP contribution in [0.1, 0.15) is 37.6 Å². The van der Waals surface area contributed by atoms with E-state index in [2.05, 4.69) is 49.6 Å². The Hall–Kier alpha value is -0.990. The van der Waals surface area contributed by atoms with E-state index in [1.54, 1.807) is 0 Å². The minimum atomic E-state index is 0. The number of aryl methyl sites for hydroxylation is 2. The minimum absolute atomic E-state index is 0. The molecule has 2 aromatic rings. The third-order valence-corrected chi connectivity index (χ3v) is 4.39. The summed E-state index contributed by atoms with van der Waals surface area (Å²) in [6, 6.07) is 8.77. The van der Waals surface area contributed by atoms with Gasteiger partial charge in [0.2, 0.25) is 0 Å². The highest BCUT2D eigenvalue weighted by atomic mass is 35.5. The highest BCUT2D eigenvalue weighted by molar-refractivity contribution is 5.86. The van der Waals surface area contributed by atoms with Crippen LogP contribution in [0.25, 0.3) is 10.9 Å². The van der Waals surface area contributed by atoms with Gasteiger partial charge in [0, 0.05) is 23.1 Å². The van der Waals surface area contributed by atoms with Gasteiger partial charge in [-0.3, -0.25) is 0 Å². The lowest BCUT2D eigenvalue weighted by molar-refractivity contribution is 0.213. The van der Waals surface area contributed by atoms with E-state index in [0.717, 1.165) is 13.0 Å². The van der Waals surface area contributed by atoms with Crippen molar-refractivity contribution in [1.29, 1.82) is 0 Å². The fourth-order valence-corrected chi connectivity index (χ4v) is 3.06. The molecule has 1 aromatic heterocycles. The Morgan fingerprint density at radius 1 is 1.28 bits per heavy atom. The number of benzene rings is 1. The molecule has 0 aliphatic carbocycles. The van der Waals surface area contributed by atoms with Gasteiger partial charge in [0.15, 0.2) is 0 Å². The van der Waals surface area contributed by atoms with E-state index < -0.39 is 0 Å². The molecule has 3 heteroatoms. The summed E-state index contributed by atoms with van der Waals surface area (Å²) >= 11 is 0. The smallest absolute Gasteiger partial charge is 0.0505 e. The SMILES string of the molecule is Cc1c2n(c3ccccc13)CCC(C)(C)C2N.Cl. The molecular formula is C15H21ClN2. The van der Waals surface area contributed by atoms with Crippen LogP contribution in [-0.4, -0.2) is 4.57 Å². The van der Waals surface area contributed by atoms with Gasteiger partial charge in [0.1, 0.15) is 0 Å². The third-order valence-electron chi connectivity index (χ3n) is 4.39. The summed E-state index contributed by atoms with van der Waals surface area (Å²) in [5.74, 6) is 0. The number of halogens is 1. The second kappa shape index (κ2) is 4.29. The van der Waals surface area contributed by atoms with E-state index in [1.165, 1.54) is 22.2 Å². The molecule has 1 aliphatic rings. The molecule has 1 aromatic carbocycles. The van der Waals surface area contributed by atoms with Crippen molar-refractivity contribution in [3.05, 3.63) is 35.5 Å². The van der Waals surface area contributed by atoms with E-state index in [9.17, 15) is 0 Å². The average Bonchev–Trinajstić information content (AvgIpc) is 2.59. The summed E-state index contributed by atoms with van der Waals surface area (Å²) < 4.78 is 2.42. The zero-order valence-corrected chi connectivity index (χ0v) is 12.1. The fraction of sp³-hybridized carbons (Fsp3) is 0.467. The second-order valence-electron chi connectivity index (χ2n) is 5.90. The topological polar surface area (TPSA) is 30.9 Å². The van der Waals surface area contributed by atoms with Crippen molar-refractivity contribution in [2.75, 3.05) is 0 Å². The van der Waals surface area contributed by atoms with Gasteiger partial charge in [-0.25, -0.2) is 0 Å². The van der Waals surface area contributed by atoms with Crippen LogP contribution in [0, 0.1) is 12.3 Å². The van der Waals surface area contributed by atoms with Crippen LogP contribution >= 0.6 is 12.4 Å². The van der Waals surface area contributed by atoms with E-state index in [1.807, 2.05) is 0 Å². The van der Waals surface area contributed by atoms with Gasteiger partial charge in [0.05, 0.1) is 6.04 Å². The van der Waals surface area contributed by atoms with Crippen LogP contribution in [0.3, 0.4) is 0 Å². The number of aromatic nitrogens is 1. The lowest BCUT2D eigenvalue weighted by Crippen LogP contribution is -2.36. The van der Waals surface area contributed by atoms with Gasteiger partial charge in [-0.2, -0.15) is 0 Å². The molecular weight excluding hydrogens is 244 g/mol. The van der Waals surface area contributed by atoms with Crippen LogP contribution in [0.15, 0.2) is 24.3 Å². The summed E-state index contributed by atoms with van der Waals surface area (Å²) in [5.41, 5.74) is 10.7. The number of nitrogens with zero attached hydrogens (tertiary/aromatic N) is 1. The molecule has 18 heavy (non-hydrogen) atoms. The predicted molar refractivity (Wildman–Crippen MR) is 79.2 cm³/mol. The molecule has 3 rings (SSSR count). The average molecular weight is 265 g/mol. The van der Waals surface area contributed by atoms with Crippen molar-refractivity contribution in [2.45, 2.75) is 39.8 Å². The molecule has 2 nitrogen and oxygen atoms in total. The number of para-hydroxylation sites is 1. The summed E-state index contributed by atoms with van der Waals surface area (Å²) in [5, 5.41) is 1.36. The van der Waals surface area contributed by atoms with E-state index in [-0.39, 0.29) is 23.9 Å². The molecule has 0 amide bonds.